The Kier molecular flexibility index (Phi) is 3.96. The molecule has 1 fully saturated rings. The van der Waals surface area contributed by atoms with Crippen molar-refractivity contribution in [2.45, 2.75) is 36.6 Å². The van der Waals surface area contributed by atoms with Gasteiger partial charge in [0.25, 0.3) is 0 Å². The number of carboxylic acids is 1. The fourth-order valence-electron chi connectivity index (χ4n) is 2.86. The van der Waals surface area contributed by atoms with E-state index in [1.54, 1.807) is 12.1 Å². The van der Waals surface area contributed by atoms with Crippen LogP contribution in [0.25, 0.3) is 0 Å². The first kappa shape index (κ1) is 15.1. The summed E-state index contributed by atoms with van der Waals surface area (Å²) in [5.74, 6) is -0.544. The molecule has 8 heteroatoms. The number of rotatable bonds is 4. The Balaban J connectivity index is 1.73. The highest BCUT2D eigenvalue weighted by molar-refractivity contribution is 7.89. The highest BCUT2D eigenvalue weighted by atomic mass is 32.2. The van der Waals surface area contributed by atoms with Crippen molar-refractivity contribution >= 4 is 16.0 Å². The zero-order valence-electron chi connectivity index (χ0n) is 11.8. The Morgan fingerprint density at radius 3 is 2.59 bits per heavy atom. The topological polar surface area (TPSA) is 102 Å². The summed E-state index contributed by atoms with van der Waals surface area (Å²) in [6.07, 6.45) is 2.00. The summed E-state index contributed by atoms with van der Waals surface area (Å²) in [6, 6.07) is 4.47. The number of hydrogen-bond acceptors (Lipinski definition) is 5. The minimum Gasteiger partial charge on any atom is -0.481 e. The molecule has 0 amide bonds. The summed E-state index contributed by atoms with van der Waals surface area (Å²) in [5, 5.41) is 8.97. The summed E-state index contributed by atoms with van der Waals surface area (Å²) in [4.78, 5) is 11.0. The van der Waals surface area contributed by atoms with E-state index in [-0.39, 0.29) is 29.4 Å². The van der Waals surface area contributed by atoms with Gasteiger partial charge in [-0.05, 0) is 37.8 Å². The molecule has 120 valence electrons. The van der Waals surface area contributed by atoms with Crippen molar-refractivity contribution in [1.82, 2.24) is 4.72 Å². The molecule has 1 aliphatic carbocycles. The molecule has 0 unspecified atom stereocenters. The van der Waals surface area contributed by atoms with Crippen molar-refractivity contribution in [1.29, 1.82) is 0 Å². The van der Waals surface area contributed by atoms with Gasteiger partial charge in [-0.1, -0.05) is 6.07 Å². The van der Waals surface area contributed by atoms with Gasteiger partial charge in [0.05, 0.1) is 5.92 Å². The average molecular weight is 327 g/mol. The van der Waals surface area contributed by atoms with Crippen LogP contribution in [0.4, 0.5) is 0 Å². The van der Waals surface area contributed by atoms with Gasteiger partial charge in [0.2, 0.25) is 16.8 Å². The van der Waals surface area contributed by atoms with E-state index in [9.17, 15) is 13.2 Å². The molecule has 1 heterocycles. The van der Waals surface area contributed by atoms with Crippen LogP contribution in [0.3, 0.4) is 0 Å². The van der Waals surface area contributed by atoms with Crippen LogP contribution in [0, 0.1) is 5.92 Å². The number of nitrogens with one attached hydrogen (secondary N) is 1. The lowest BCUT2D eigenvalue weighted by Gasteiger charge is -2.26. The number of fused-ring (bicyclic) bond motifs is 1. The molecular formula is C14H17NO6S. The molecule has 1 saturated carbocycles. The van der Waals surface area contributed by atoms with Gasteiger partial charge < -0.3 is 14.6 Å². The smallest absolute Gasteiger partial charge is 0.306 e. The molecule has 1 aromatic rings. The van der Waals surface area contributed by atoms with Crippen molar-refractivity contribution < 1.29 is 27.8 Å². The maximum Gasteiger partial charge on any atom is 0.306 e. The zero-order chi connectivity index (χ0) is 15.7. The number of aliphatic carboxylic acids is 1. The Bertz CT molecular complexity index is 679. The summed E-state index contributed by atoms with van der Waals surface area (Å²) in [5.41, 5.74) is 0. The molecule has 0 bridgehead atoms. The third-order valence-corrected chi connectivity index (χ3v) is 5.59. The van der Waals surface area contributed by atoms with Gasteiger partial charge in [0.15, 0.2) is 11.5 Å². The molecule has 0 radical (unpaired) electrons. The molecule has 0 saturated heterocycles. The van der Waals surface area contributed by atoms with E-state index in [0.717, 1.165) is 0 Å². The van der Waals surface area contributed by atoms with Gasteiger partial charge in [0, 0.05) is 6.04 Å². The van der Waals surface area contributed by atoms with E-state index in [0.29, 0.717) is 31.4 Å². The van der Waals surface area contributed by atoms with Crippen LogP contribution in [-0.2, 0) is 14.8 Å². The van der Waals surface area contributed by atoms with E-state index in [1.165, 1.54) is 6.07 Å². The van der Waals surface area contributed by atoms with Gasteiger partial charge in [-0.25, -0.2) is 13.1 Å². The molecule has 0 spiro atoms. The Hall–Kier alpha value is -1.80. The lowest BCUT2D eigenvalue weighted by atomic mass is 9.87. The summed E-state index contributed by atoms with van der Waals surface area (Å²) in [7, 11) is -3.73. The number of ether oxygens (including phenoxy) is 2. The average Bonchev–Trinajstić information content (AvgIpc) is 2.95. The highest BCUT2D eigenvalue weighted by Gasteiger charge is 2.31. The van der Waals surface area contributed by atoms with Crippen molar-refractivity contribution in [3.63, 3.8) is 0 Å². The molecule has 1 aromatic carbocycles. The lowest BCUT2D eigenvalue weighted by molar-refractivity contribution is -0.142. The van der Waals surface area contributed by atoms with Gasteiger partial charge in [0.1, 0.15) is 4.90 Å². The van der Waals surface area contributed by atoms with Crippen LogP contribution < -0.4 is 14.2 Å². The maximum atomic E-state index is 12.5. The van der Waals surface area contributed by atoms with E-state index in [2.05, 4.69) is 4.72 Å². The van der Waals surface area contributed by atoms with E-state index in [1.807, 2.05) is 0 Å². The minimum atomic E-state index is -3.73. The Labute approximate surface area is 128 Å². The standard InChI is InChI=1S/C14H17NO6S/c16-14(17)9-4-6-10(7-5-9)15-22(18,19)12-3-1-2-11-13(12)21-8-20-11/h1-3,9-10,15H,4-8H2,(H,16,17). The monoisotopic (exact) mass is 327 g/mol. The van der Waals surface area contributed by atoms with Crippen molar-refractivity contribution in [2.75, 3.05) is 6.79 Å². The highest BCUT2D eigenvalue weighted by Crippen LogP contribution is 2.38. The van der Waals surface area contributed by atoms with Gasteiger partial charge in [-0.15, -0.1) is 0 Å². The normalized spacial score (nSPS) is 24.2. The van der Waals surface area contributed by atoms with Crippen LogP contribution >= 0.6 is 0 Å². The first-order chi connectivity index (χ1) is 10.5. The zero-order valence-corrected chi connectivity index (χ0v) is 12.6. The minimum absolute atomic E-state index is 0.00554. The maximum absolute atomic E-state index is 12.5. The van der Waals surface area contributed by atoms with E-state index in [4.69, 9.17) is 14.6 Å². The van der Waals surface area contributed by atoms with Crippen molar-refractivity contribution in [2.24, 2.45) is 5.92 Å². The van der Waals surface area contributed by atoms with E-state index < -0.39 is 16.0 Å². The lowest BCUT2D eigenvalue weighted by Crippen LogP contribution is -2.38. The number of hydrogen-bond donors (Lipinski definition) is 2. The van der Waals surface area contributed by atoms with Crippen molar-refractivity contribution in [3.8, 4) is 11.5 Å². The van der Waals surface area contributed by atoms with Crippen LogP contribution in [0.5, 0.6) is 11.5 Å². The van der Waals surface area contributed by atoms with Crippen molar-refractivity contribution in [3.05, 3.63) is 18.2 Å². The number of carboxylic acid groups (broad SMARTS) is 1. The SMILES string of the molecule is O=C(O)C1CCC(NS(=O)(=O)c2cccc3c2OCO3)CC1. The third kappa shape index (κ3) is 2.89. The predicted molar refractivity (Wildman–Crippen MR) is 76.3 cm³/mol. The second kappa shape index (κ2) is 5.77. The third-order valence-electron chi connectivity index (χ3n) is 4.05. The predicted octanol–water partition coefficient (Wildman–Crippen LogP) is 1.34. The van der Waals surface area contributed by atoms with Gasteiger partial charge >= 0.3 is 5.97 Å². The Morgan fingerprint density at radius 2 is 1.91 bits per heavy atom. The van der Waals surface area contributed by atoms with Crippen LogP contribution in [-0.4, -0.2) is 32.3 Å². The molecule has 0 atom stereocenters. The fourth-order valence-corrected chi connectivity index (χ4v) is 4.32. The molecule has 0 aromatic heterocycles. The summed E-state index contributed by atoms with van der Waals surface area (Å²) in [6.45, 7) is 0.00554. The molecule has 3 rings (SSSR count). The molecule has 7 nitrogen and oxygen atoms in total. The number of benzene rings is 1. The van der Waals surface area contributed by atoms with Crippen LogP contribution in [0.2, 0.25) is 0 Å². The molecule has 1 aliphatic heterocycles. The first-order valence-corrected chi connectivity index (χ1v) is 8.59. The second-order valence-corrected chi connectivity index (χ2v) is 7.18. The fraction of sp³-hybridized carbons (Fsp3) is 0.500. The van der Waals surface area contributed by atoms with E-state index >= 15 is 0 Å². The number of para-hydroxylation sites is 1. The largest absolute Gasteiger partial charge is 0.481 e. The van der Waals surface area contributed by atoms with Crippen LogP contribution in [0.15, 0.2) is 23.1 Å². The molecular weight excluding hydrogens is 310 g/mol. The molecule has 2 aliphatic rings. The number of sulfonamides is 1. The Morgan fingerprint density at radius 1 is 1.18 bits per heavy atom. The van der Waals surface area contributed by atoms with Gasteiger partial charge in [-0.3, -0.25) is 4.79 Å². The second-order valence-electron chi connectivity index (χ2n) is 5.50. The molecule has 22 heavy (non-hydrogen) atoms. The summed E-state index contributed by atoms with van der Waals surface area (Å²) >= 11 is 0. The quantitative estimate of drug-likeness (QED) is 0.865. The first-order valence-electron chi connectivity index (χ1n) is 7.11. The molecule has 2 N–H and O–H groups in total. The summed E-state index contributed by atoms with van der Waals surface area (Å²) < 4.78 is 38.1. The van der Waals surface area contributed by atoms with Crippen LogP contribution in [0.1, 0.15) is 25.7 Å². The van der Waals surface area contributed by atoms with Gasteiger partial charge in [-0.2, -0.15) is 0 Å². The number of carbonyl (C=O) groups is 1.